The molecule has 0 aliphatic rings. The molecule has 0 saturated heterocycles. The summed E-state index contributed by atoms with van der Waals surface area (Å²) in [6.45, 7) is 0. The number of halogens is 1. The standard InChI is InChI=1S/C22H16ClN3O2/c23-16-11-9-15(10-12-16)21-20(14-26(25-21)18-6-2-1-3-7-18)22(28)24-17-5-4-8-19(27)13-17/h1-14,27H,(H,24,28). The SMILES string of the molecule is O=C(Nc1cccc(O)c1)c1cn(-c2ccccc2)nc1-c1ccc(Cl)cc1. The highest BCUT2D eigenvalue weighted by molar-refractivity contribution is 6.30. The van der Waals surface area contributed by atoms with E-state index in [9.17, 15) is 9.90 Å². The minimum absolute atomic E-state index is 0.0794. The number of nitrogens with zero attached hydrogens (tertiary/aromatic N) is 2. The number of anilines is 1. The van der Waals surface area contributed by atoms with Crippen molar-refractivity contribution in [3.05, 3.63) is 95.6 Å². The van der Waals surface area contributed by atoms with Gasteiger partial charge in [0.25, 0.3) is 5.91 Å². The molecule has 0 radical (unpaired) electrons. The second kappa shape index (κ2) is 7.58. The zero-order valence-electron chi connectivity index (χ0n) is 14.7. The van der Waals surface area contributed by atoms with Gasteiger partial charge < -0.3 is 10.4 Å². The lowest BCUT2D eigenvalue weighted by molar-refractivity contribution is 0.102. The molecule has 0 spiro atoms. The first-order chi connectivity index (χ1) is 13.6. The number of aromatic nitrogens is 2. The number of hydrogen-bond acceptors (Lipinski definition) is 3. The van der Waals surface area contributed by atoms with E-state index in [0.717, 1.165) is 11.3 Å². The molecule has 1 amide bonds. The smallest absolute Gasteiger partial charge is 0.259 e. The Hall–Kier alpha value is -3.57. The van der Waals surface area contributed by atoms with Gasteiger partial charge in [0.1, 0.15) is 11.4 Å². The average molecular weight is 390 g/mol. The molecule has 0 saturated carbocycles. The van der Waals surface area contributed by atoms with Crippen molar-refractivity contribution in [2.45, 2.75) is 0 Å². The molecule has 0 atom stereocenters. The Bertz CT molecular complexity index is 1120. The fraction of sp³-hybridized carbons (Fsp3) is 0. The first-order valence-electron chi connectivity index (χ1n) is 8.61. The third kappa shape index (κ3) is 3.75. The Balaban J connectivity index is 1.76. The molecule has 0 aliphatic heterocycles. The van der Waals surface area contributed by atoms with Crippen molar-refractivity contribution in [2.75, 3.05) is 5.32 Å². The average Bonchev–Trinajstić information content (AvgIpc) is 3.15. The molecule has 0 bridgehead atoms. The van der Waals surface area contributed by atoms with E-state index in [1.54, 1.807) is 41.2 Å². The van der Waals surface area contributed by atoms with Crippen LogP contribution >= 0.6 is 11.6 Å². The van der Waals surface area contributed by atoms with Crippen LogP contribution < -0.4 is 5.32 Å². The van der Waals surface area contributed by atoms with Crippen molar-refractivity contribution < 1.29 is 9.90 Å². The highest BCUT2D eigenvalue weighted by atomic mass is 35.5. The van der Waals surface area contributed by atoms with E-state index in [1.807, 2.05) is 42.5 Å². The first kappa shape index (κ1) is 17.8. The zero-order chi connectivity index (χ0) is 19.5. The van der Waals surface area contributed by atoms with Crippen LogP contribution in [0.3, 0.4) is 0 Å². The number of aromatic hydroxyl groups is 1. The van der Waals surface area contributed by atoms with Crippen LogP contribution in [0.15, 0.2) is 85.1 Å². The molecule has 4 aromatic rings. The summed E-state index contributed by atoms with van der Waals surface area (Å²) in [6, 6.07) is 23.1. The molecular weight excluding hydrogens is 374 g/mol. The predicted octanol–water partition coefficient (Wildman–Crippen LogP) is 5.15. The quantitative estimate of drug-likeness (QED) is 0.507. The van der Waals surface area contributed by atoms with Crippen LogP contribution in [0.5, 0.6) is 5.75 Å². The summed E-state index contributed by atoms with van der Waals surface area (Å²) < 4.78 is 1.67. The molecule has 138 valence electrons. The number of nitrogens with one attached hydrogen (secondary N) is 1. The second-order valence-corrected chi connectivity index (χ2v) is 6.62. The zero-order valence-corrected chi connectivity index (χ0v) is 15.5. The van der Waals surface area contributed by atoms with Gasteiger partial charge in [-0.2, -0.15) is 5.10 Å². The molecule has 1 heterocycles. The molecule has 6 heteroatoms. The number of hydrogen-bond donors (Lipinski definition) is 2. The summed E-state index contributed by atoms with van der Waals surface area (Å²) in [5, 5.41) is 17.7. The van der Waals surface area contributed by atoms with Crippen molar-refractivity contribution >= 4 is 23.2 Å². The van der Waals surface area contributed by atoms with Crippen LogP contribution in [0.4, 0.5) is 5.69 Å². The van der Waals surface area contributed by atoms with E-state index in [4.69, 9.17) is 11.6 Å². The molecule has 5 nitrogen and oxygen atoms in total. The van der Waals surface area contributed by atoms with Gasteiger partial charge in [-0.25, -0.2) is 4.68 Å². The van der Waals surface area contributed by atoms with E-state index in [2.05, 4.69) is 10.4 Å². The van der Waals surface area contributed by atoms with E-state index in [-0.39, 0.29) is 11.7 Å². The van der Waals surface area contributed by atoms with Crippen molar-refractivity contribution in [3.8, 4) is 22.7 Å². The summed E-state index contributed by atoms with van der Waals surface area (Å²) in [5.74, 6) is -0.242. The van der Waals surface area contributed by atoms with Crippen LogP contribution in [0, 0.1) is 0 Å². The Labute approximate surface area is 166 Å². The largest absolute Gasteiger partial charge is 0.508 e. The summed E-state index contributed by atoms with van der Waals surface area (Å²) in [6.07, 6.45) is 1.69. The van der Waals surface area contributed by atoms with Gasteiger partial charge >= 0.3 is 0 Å². The molecule has 0 fully saturated rings. The van der Waals surface area contributed by atoms with E-state index in [1.165, 1.54) is 6.07 Å². The minimum atomic E-state index is -0.322. The Morgan fingerprint density at radius 2 is 1.71 bits per heavy atom. The van der Waals surface area contributed by atoms with Crippen molar-refractivity contribution in [1.82, 2.24) is 9.78 Å². The van der Waals surface area contributed by atoms with Crippen LogP contribution in [0.25, 0.3) is 16.9 Å². The molecule has 28 heavy (non-hydrogen) atoms. The van der Waals surface area contributed by atoms with Crippen molar-refractivity contribution in [2.24, 2.45) is 0 Å². The van der Waals surface area contributed by atoms with Gasteiger partial charge in [-0.15, -0.1) is 0 Å². The number of phenolic OH excluding ortho intramolecular Hbond substituents is 1. The Morgan fingerprint density at radius 3 is 2.43 bits per heavy atom. The number of benzene rings is 3. The maximum Gasteiger partial charge on any atom is 0.259 e. The maximum atomic E-state index is 13.0. The van der Waals surface area contributed by atoms with Gasteiger partial charge in [0.2, 0.25) is 0 Å². The van der Waals surface area contributed by atoms with Crippen LogP contribution in [0.2, 0.25) is 5.02 Å². The molecule has 0 unspecified atom stereocenters. The molecular formula is C22H16ClN3O2. The molecule has 0 aliphatic carbocycles. The van der Waals surface area contributed by atoms with Gasteiger partial charge in [-0.1, -0.05) is 48.0 Å². The lowest BCUT2D eigenvalue weighted by Gasteiger charge is -2.06. The molecule has 4 rings (SSSR count). The van der Waals surface area contributed by atoms with Gasteiger partial charge in [-0.05, 0) is 36.4 Å². The monoisotopic (exact) mass is 389 g/mol. The van der Waals surface area contributed by atoms with Crippen LogP contribution in [-0.2, 0) is 0 Å². The van der Waals surface area contributed by atoms with Gasteiger partial charge in [0.05, 0.1) is 11.3 Å². The third-order valence-electron chi connectivity index (χ3n) is 4.20. The van der Waals surface area contributed by atoms with Gasteiger partial charge in [-0.3, -0.25) is 4.79 Å². The summed E-state index contributed by atoms with van der Waals surface area (Å²) in [5.41, 5.74) is 3.07. The number of phenols is 1. The van der Waals surface area contributed by atoms with Gasteiger partial charge in [0, 0.05) is 28.5 Å². The summed E-state index contributed by atoms with van der Waals surface area (Å²) in [4.78, 5) is 13.0. The number of carbonyl (C=O) groups excluding carboxylic acids is 1. The topological polar surface area (TPSA) is 67.2 Å². The normalized spacial score (nSPS) is 10.6. The number of amides is 1. The van der Waals surface area contributed by atoms with E-state index < -0.39 is 0 Å². The lowest BCUT2D eigenvalue weighted by atomic mass is 10.1. The van der Waals surface area contributed by atoms with Crippen LogP contribution in [0.1, 0.15) is 10.4 Å². The van der Waals surface area contributed by atoms with Gasteiger partial charge in [0.15, 0.2) is 0 Å². The molecule has 3 aromatic carbocycles. The lowest BCUT2D eigenvalue weighted by Crippen LogP contribution is -2.12. The summed E-state index contributed by atoms with van der Waals surface area (Å²) >= 11 is 6.00. The maximum absolute atomic E-state index is 13.0. The van der Waals surface area contributed by atoms with Crippen molar-refractivity contribution in [1.29, 1.82) is 0 Å². The highest BCUT2D eigenvalue weighted by Gasteiger charge is 2.19. The fourth-order valence-corrected chi connectivity index (χ4v) is 2.98. The second-order valence-electron chi connectivity index (χ2n) is 6.18. The third-order valence-corrected chi connectivity index (χ3v) is 4.45. The highest BCUT2D eigenvalue weighted by Crippen LogP contribution is 2.26. The van der Waals surface area contributed by atoms with Crippen LogP contribution in [-0.4, -0.2) is 20.8 Å². The van der Waals surface area contributed by atoms with E-state index >= 15 is 0 Å². The Kier molecular flexibility index (Phi) is 4.83. The Morgan fingerprint density at radius 1 is 0.964 bits per heavy atom. The number of carbonyl (C=O) groups is 1. The minimum Gasteiger partial charge on any atom is -0.508 e. The van der Waals surface area contributed by atoms with E-state index in [0.29, 0.717) is 22.0 Å². The molecule has 1 aromatic heterocycles. The predicted molar refractivity (Wildman–Crippen MR) is 110 cm³/mol. The number of para-hydroxylation sites is 1. The van der Waals surface area contributed by atoms with Crippen molar-refractivity contribution in [3.63, 3.8) is 0 Å². The fourth-order valence-electron chi connectivity index (χ4n) is 2.86. The number of rotatable bonds is 4. The first-order valence-corrected chi connectivity index (χ1v) is 8.99. The summed E-state index contributed by atoms with van der Waals surface area (Å²) in [7, 11) is 0. The molecule has 2 N–H and O–H groups in total.